The van der Waals surface area contributed by atoms with Gasteiger partial charge in [-0.05, 0) is 76.5 Å². The van der Waals surface area contributed by atoms with Gasteiger partial charge in [-0.25, -0.2) is 9.97 Å². The van der Waals surface area contributed by atoms with Crippen LogP contribution in [0.4, 0.5) is 5.95 Å². The van der Waals surface area contributed by atoms with Gasteiger partial charge in [-0.3, -0.25) is 4.99 Å². The Hall–Kier alpha value is -1.99. The first kappa shape index (κ1) is 24.6. The molecular formula is C25H42N6O. The highest BCUT2D eigenvalue weighted by Crippen LogP contribution is 2.35. The molecule has 1 saturated heterocycles. The van der Waals surface area contributed by atoms with Crippen LogP contribution < -0.4 is 10.6 Å². The maximum atomic E-state index is 9.97. The van der Waals surface area contributed by atoms with Crippen LogP contribution >= 0.6 is 0 Å². The molecule has 3 rings (SSSR count). The minimum absolute atomic E-state index is 0.185. The maximum Gasteiger partial charge on any atom is 0.223 e. The van der Waals surface area contributed by atoms with Crippen LogP contribution in [-0.4, -0.2) is 71.2 Å². The molecule has 1 aromatic heterocycles. The van der Waals surface area contributed by atoms with Crippen LogP contribution in [0.3, 0.4) is 0 Å². The first-order valence-electron chi connectivity index (χ1n) is 12.4. The van der Waals surface area contributed by atoms with Crippen molar-refractivity contribution in [1.29, 1.82) is 0 Å². The van der Waals surface area contributed by atoms with E-state index in [1.807, 2.05) is 13.2 Å². The SMILES string of the molecule is C=C(c1nc(NC(C)CCC)ncc1/C(=N\C)N(C)C1CCNCC1)[C@H]1CC[C@H](O)CC1. The van der Waals surface area contributed by atoms with Crippen LogP contribution in [0, 0.1) is 5.92 Å². The van der Waals surface area contributed by atoms with Crippen LogP contribution in [-0.2, 0) is 0 Å². The molecule has 7 nitrogen and oxygen atoms in total. The summed E-state index contributed by atoms with van der Waals surface area (Å²) in [6.45, 7) is 10.9. The van der Waals surface area contributed by atoms with E-state index in [4.69, 9.17) is 9.98 Å². The number of anilines is 1. The van der Waals surface area contributed by atoms with Crippen LogP contribution in [0.25, 0.3) is 5.57 Å². The van der Waals surface area contributed by atoms with Gasteiger partial charge in [-0.2, -0.15) is 0 Å². The van der Waals surface area contributed by atoms with E-state index in [1.54, 1.807) is 0 Å². The van der Waals surface area contributed by atoms with Gasteiger partial charge in [0, 0.05) is 32.4 Å². The predicted molar refractivity (Wildman–Crippen MR) is 133 cm³/mol. The summed E-state index contributed by atoms with van der Waals surface area (Å²) in [5.41, 5.74) is 2.90. The summed E-state index contributed by atoms with van der Waals surface area (Å²) in [7, 11) is 3.99. The van der Waals surface area contributed by atoms with Gasteiger partial charge in [0.2, 0.25) is 5.95 Å². The topological polar surface area (TPSA) is 85.7 Å². The van der Waals surface area contributed by atoms with Crippen molar-refractivity contribution in [3.8, 4) is 0 Å². The van der Waals surface area contributed by atoms with Gasteiger partial charge in [0.1, 0.15) is 5.84 Å². The highest BCUT2D eigenvalue weighted by molar-refractivity contribution is 6.02. The fourth-order valence-corrected chi connectivity index (χ4v) is 5.04. The zero-order valence-electron chi connectivity index (χ0n) is 20.4. The van der Waals surface area contributed by atoms with E-state index in [1.165, 1.54) is 0 Å². The lowest BCUT2D eigenvalue weighted by molar-refractivity contribution is 0.119. The second kappa shape index (κ2) is 11.8. The number of amidine groups is 1. The highest BCUT2D eigenvalue weighted by atomic mass is 16.3. The molecule has 0 bridgehead atoms. The van der Waals surface area contributed by atoms with E-state index in [0.29, 0.717) is 23.9 Å². The third-order valence-corrected chi connectivity index (χ3v) is 7.02. The number of hydrogen-bond donors (Lipinski definition) is 3. The molecule has 1 aliphatic heterocycles. The molecule has 178 valence electrons. The summed E-state index contributed by atoms with van der Waals surface area (Å²) in [6, 6.07) is 0.761. The molecule has 1 atom stereocenters. The number of aliphatic imine (C=N–C) groups is 1. The minimum atomic E-state index is -0.185. The molecule has 3 N–H and O–H groups in total. The van der Waals surface area contributed by atoms with Crippen molar-refractivity contribution in [1.82, 2.24) is 20.2 Å². The third kappa shape index (κ3) is 6.07. The molecular weight excluding hydrogens is 400 g/mol. The van der Waals surface area contributed by atoms with Gasteiger partial charge in [-0.15, -0.1) is 0 Å². The monoisotopic (exact) mass is 442 g/mol. The minimum Gasteiger partial charge on any atom is -0.393 e. The Balaban J connectivity index is 1.93. The lowest BCUT2D eigenvalue weighted by Crippen LogP contribution is -2.44. The molecule has 1 aromatic rings. The zero-order valence-corrected chi connectivity index (χ0v) is 20.4. The van der Waals surface area contributed by atoms with Crippen molar-refractivity contribution in [2.75, 3.05) is 32.5 Å². The fraction of sp³-hybridized carbons (Fsp3) is 0.720. The number of rotatable bonds is 8. The largest absolute Gasteiger partial charge is 0.393 e. The molecule has 2 aliphatic rings. The summed E-state index contributed by atoms with van der Waals surface area (Å²) >= 11 is 0. The van der Waals surface area contributed by atoms with E-state index in [0.717, 1.165) is 87.1 Å². The normalized spacial score (nSPS) is 23.6. The van der Waals surface area contributed by atoms with Gasteiger partial charge in [0.15, 0.2) is 0 Å². The number of aromatic nitrogens is 2. The smallest absolute Gasteiger partial charge is 0.223 e. The van der Waals surface area contributed by atoms with Crippen LogP contribution in [0.1, 0.15) is 76.5 Å². The summed E-state index contributed by atoms with van der Waals surface area (Å²) in [6.07, 6.45) is 9.66. The fourth-order valence-electron chi connectivity index (χ4n) is 5.04. The average Bonchev–Trinajstić information content (AvgIpc) is 2.81. The van der Waals surface area contributed by atoms with Crippen molar-refractivity contribution in [2.45, 2.75) is 83.4 Å². The number of nitrogens with one attached hydrogen (secondary N) is 2. The van der Waals surface area contributed by atoms with Crippen LogP contribution in [0.5, 0.6) is 0 Å². The van der Waals surface area contributed by atoms with Crippen molar-refractivity contribution in [2.24, 2.45) is 10.9 Å². The second-order valence-electron chi connectivity index (χ2n) is 9.46. The molecule has 0 spiro atoms. The number of aliphatic hydroxyl groups excluding tert-OH is 1. The molecule has 0 amide bonds. The standard InChI is InChI=1S/C25H42N6O/c1-6-7-17(2)29-25-28-16-22(24(26-4)31(5)20-12-14-27-15-13-20)23(30-25)18(3)19-8-10-21(32)11-9-19/h16-17,19-21,27,32H,3,6-15H2,1-2,4-5H3,(H,28,29,30)/b26-24+/t17?,19-,21-. The molecule has 2 fully saturated rings. The van der Waals surface area contributed by atoms with Crippen LogP contribution in [0.15, 0.2) is 17.8 Å². The van der Waals surface area contributed by atoms with Crippen molar-refractivity contribution < 1.29 is 5.11 Å². The Labute approximate surface area is 193 Å². The molecule has 1 saturated carbocycles. The zero-order chi connectivity index (χ0) is 23.1. The number of piperidine rings is 1. The average molecular weight is 443 g/mol. The van der Waals surface area contributed by atoms with E-state index >= 15 is 0 Å². The van der Waals surface area contributed by atoms with Crippen molar-refractivity contribution in [3.63, 3.8) is 0 Å². The number of nitrogens with zero attached hydrogens (tertiary/aromatic N) is 4. The molecule has 1 aliphatic carbocycles. The predicted octanol–water partition coefficient (Wildman–Crippen LogP) is 3.70. The summed E-state index contributed by atoms with van der Waals surface area (Å²) in [5.74, 6) is 1.91. The van der Waals surface area contributed by atoms with Crippen molar-refractivity contribution >= 4 is 17.4 Å². The first-order chi connectivity index (χ1) is 15.4. The lowest BCUT2D eigenvalue weighted by atomic mass is 9.81. The van der Waals surface area contributed by atoms with E-state index in [9.17, 15) is 5.11 Å². The maximum absolute atomic E-state index is 9.97. The molecule has 1 unspecified atom stereocenters. The molecule has 0 radical (unpaired) electrons. The van der Waals surface area contributed by atoms with Gasteiger partial charge >= 0.3 is 0 Å². The number of aliphatic hydroxyl groups is 1. The summed E-state index contributed by atoms with van der Waals surface area (Å²) < 4.78 is 0. The highest BCUT2D eigenvalue weighted by Gasteiger charge is 2.28. The molecule has 2 heterocycles. The lowest BCUT2D eigenvalue weighted by Gasteiger charge is -2.35. The number of hydrogen-bond acceptors (Lipinski definition) is 6. The second-order valence-corrected chi connectivity index (χ2v) is 9.46. The Morgan fingerprint density at radius 2 is 1.97 bits per heavy atom. The van der Waals surface area contributed by atoms with E-state index in [2.05, 4.69) is 48.0 Å². The Kier molecular flexibility index (Phi) is 9.05. The Morgan fingerprint density at radius 3 is 2.59 bits per heavy atom. The summed E-state index contributed by atoms with van der Waals surface area (Å²) in [4.78, 5) is 16.6. The quantitative estimate of drug-likeness (QED) is 0.420. The van der Waals surface area contributed by atoms with E-state index in [-0.39, 0.29) is 6.10 Å². The first-order valence-corrected chi connectivity index (χ1v) is 12.4. The molecule has 0 aromatic carbocycles. The molecule has 32 heavy (non-hydrogen) atoms. The van der Waals surface area contributed by atoms with Gasteiger partial charge < -0.3 is 20.6 Å². The Bertz CT molecular complexity index is 781. The Morgan fingerprint density at radius 1 is 1.28 bits per heavy atom. The van der Waals surface area contributed by atoms with Crippen LogP contribution in [0.2, 0.25) is 0 Å². The molecule has 7 heteroatoms. The number of allylic oxidation sites excluding steroid dienone is 1. The van der Waals surface area contributed by atoms with E-state index < -0.39 is 0 Å². The van der Waals surface area contributed by atoms with Crippen molar-refractivity contribution in [3.05, 3.63) is 24.0 Å². The summed E-state index contributed by atoms with van der Waals surface area (Å²) in [5, 5.41) is 16.9. The van der Waals surface area contributed by atoms with Gasteiger partial charge in [-0.1, -0.05) is 19.9 Å². The van der Waals surface area contributed by atoms with Gasteiger partial charge in [0.25, 0.3) is 0 Å². The third-order valence-electron chi connectivity index (χ3n) is 7.02. The van der Waals surface area contributed by atoms with Gasteiger partial charge in [0.05, 0.1) is 17.4 Å².